The van der Waals surface area contributed by atoms with Gasteiger partial charge in [-0.1, -0.05) is 12.8 Å². The summed E-state index contributed by atoms with van der Waals surface area (Å²) in [5.41, 5.74) is 0.766. The van der Waals surface area contributed by atoms with E-state index in [2.05, 4.69) is 22.6 Å². The predicted octanol–water partition coefficient (Wildman–Crippen LogP) is 3.32. The van der Waals surface area contributed by atoms with Crippen LogP contribution in [-0.2, 0) is 0 Å². The van der Waals surface area contributed by atoms with Crippen LogP contribution < -0.4 is 4.74 Å². The second-order valence-electron chi connectivity index (χ2n) is 4.56. The van der Waals surface area contributed by atoms with E-state index >= 15 is 0 Å². The summed E-state index contributed by atoms with van der Waals surface area (Å²) in [5, 5.41) is 0. The molecule has 3 nitrogen and oxygen atoms in total. The lowest BCUT2D eigenvalue weighted by Crippen LogP contribution is -2.31. The van der Waals surface area contributed by atoms with E-state index in [1.54, 1.807) is 7.11 Å². The fourth-order valence-corrected chi connectivity index (χ4v) is 2.99. The molecule has 0 radical (unpaired) electrons. The average Bonchev–Trinajstić information content (AvgIpc) is 2.66. The second-order valence-corrected chi connectivity index (χ2v) is 5.72. The molecule has 1 fully saturated rings. The van der Waals surface area contributed by atoms with Gasteiger partial charge in [0.1, 0.15) is 5.75 Å². The molecule has 0 N–H and O–H groups in total. The highest BCUT2D eigenvalue weighted by Gasteiger charge is 2.18. The van der Waals surface area contributed by atoms with E-state index in [0.717, 1.165) is 40.8 Å². The average molecular weight is 359 g/mol. The van der Waals surface area contributed by atoms with Gasteiger partial charge < -0.3 is 9.64 Å². The number of likely N-dealkylation sites (tertiary alicyclic amines) is 1. The quantitative estimate of drug-likeness (QED) is 0.759. The Kier molecular flexibility index (Phi) is 4.86. The monoisotopic (exact) mass is 359 g/mol. The Bertz CT molecular complexity index is 426. The van der Waals surface area contributed by atoms with Crippen molar-refractivity contribution < 1.29 is 9.53 Å². The number of nitrogens with zero attached hydrogens (tertiary/aromatic N) is 1. The molecule has 1 aromatic carbocycles. The molecule has 1 heterocycles. The molecule has 98 valence electrons. The zero-order chi connectivity index (χ0) is 13.0. The van der Waals surface area contributed by atoms with Crippen LogP contribution in [0.15, 0.2) is 18.2 Å². The van der Waals surface area contributed by atoms with E-state index in [0.29, 0.717) is 0 Å². The highest BCUT2D eigenvalue weighted by molar-refractivity contribution is 14.1. The molecule has 0 aromatic heterocycles. The molecule has 1 aromatic rings. The van der Waals surface area contributed by atoms with Gasteiger partial charge in [-0.25, -0.2) is 0 Å². The zero-order valence-electron chi connectivity index (χ0n) is 10.6. The summed E-state index contributed by atoms with van der Waals surface area (Å²) in [6, 6.07) is 5.63. The van der Waals surface area contributed by atoms with E-state index in [1.807, 2.05) is 23.1 Å². The number of halogens is 1. The van der Waals surface area contributed by atoms with Crippen LogP contribution in [0.25, 0.3) is 0 Å². The highest BCUT2D eigenvalue weighted by atomic mass is 127. The van der Waals surface area contributed by atoms with Crippen LogP contribution in [0.4, 0.5) is 0 Å². The van der Waals surface area contributed by atoms with Crippen LogP contribution in [0.2, 0.25) is 0 Å². The summed E-state index contributed by atoms with van der Waals surface area (Å²) in [5.74, 6) is 0.973. The van der Waals surface area contributed by atoms with Crippen molar-refractivity contribution in [3.63, 3.8) is 0 Å². The Balaban J connectivity index is 2.14. The van der Waals surface area contributed by atoms with Gasteiger partial charge in [0, 0.05) is 18.7 Å². The van der Waals surface area contributed by atoms with Gasteiger partial charge in [-0.05, 0) is 53.6 Å². The topological polar surface area (TPSA) is 29.5 Å². The van der Waals surface area contributed by atoms with E-state index in [4.69, 9.17) is 4.74 Å². The second kappa shape index (κ2) is 6.41. The Hall–Kier alpha value is -0.780. The molecule has 1 saturated heterocycles. The van der Waals surface area contributed by atoms with Gasteiger partial charge in [0.05, 0.1) is 10.7 Å². The summed E-state index contributed by atoms with van der Waals surface area (Å²) in [7, 11) is 1.65. The molecule has 2 rings (SSSR count). The minimum atomic E-state index is 0.150. The van der Waals surface area contributed by atoms with Gasteiger partial charge >= 0.3 is 0 Å². The minimum Gasteiger partial charge on any atom is -0.496 e. The van der Waals surface area contributed by atoms with Crippen molar-refractivity contribution >= 4 is 28.5 Å². The van der Waals surface area contributed by atoms with Gasteiger partial charge in [-0.3, -0.25) is 4.79 Å². The van der Waals surface area contributed by atoms with E-state index < -0.39 is 0 Å². The molecular formula is C14H18INO2. The molecule has 0 aliphatic carbocycles. The highest BCUT2D eigenvalue weighted by Crippen LogP contribution is 2.23. The Morgan fingerprint density at radius 2 is 1.89 bits per heavy atom. The molecule has 0 bridgehead atoms. The number of ether oxygens (including phenoxy) is 1. The number of carbonyl (C=O) groups excluding carboxylic acids is 1. The SMILES string of the molecule is COc1ccc(C(=O)N2CCCCCC2)cc1I. The van der Waals surface area contributed by atoms with Crippen LogP contribution in [0.5, 0.6) is 5.75 Å². The molecular weight excluding hydrogens is 341 g/mol. The van der Waals surface area contributed by atoms with Crippen molar-refractivity contribution in [1.29, 1.82) is 0 Å². The molecule has 0 saturated carbocycles. The molecule has 1 aliphatic heterocycles. The summed E-state index contributed by atoms with van der Waals surface area (Å²) in [6.07, 6.45) is 4.73. The van der Waals surface area contributed by atoms with Crippen LogP contribution >= 0.6 is 22.6 Å². The maximum atomic E-state index is 12.4. The molecule has 0 spiro atoms. The molecule has 0 atom stereocenters. The van der Waals surface area contributed by atoms with Gasteiger partial charge in [-0.2, -0.15) is 0 Å². The van der Waals surface area contributed by atoms with Crippen molar-refractivity contribution in [2.45, 2.75) is 25.7 Å². The van der Waals surface area contributed by atoms with Crippen molar-refractivity contribution in [1.82, 2.24) is 4.90 Å². The predicted molar refractivity (Wildman–Crippen MR) is 80.1 cm³/mol. The van der Waals surface area contributed by atoms with Crippen molar-refractivity contribution in [3.05, 3.63) is 27.3 Å². The van der Waals surface area contributed by atoms with Crippen molar-refractivity contribution in [3.8, 4) is 5.75 Å². The maximum Gasteiger partial charge on any atom is 0.253 e. The fraction of sp³-hybridized carbons (Fsp3) is 0.500. The smallest absolute Gasteiger partial charge is 0.253 e. The molecule has 18 heavy (non-hydrogen) atoms. The lowest BCUT2D eigenvalue weighted by atomic mass is 10.2. The van der Waals surface area contributed by atoms with E-state index in [9.17, 15) is 4.79 Å². The third kappa shape index (κ3) is 3.16. The first-order valence-corrected chi connectivity index (χ1v) is 7.43. The first-order valence-electron chi connectivity index (χ1n) is 6.35. The first-order chi connectivity index (χ1) is 8.72. The minimum absolute atomic E-state index is 0.150. The third-order valence-corrected chi connectivity index (χ3v) is 4.14. The molecule has 0 unspecified atom stereocenters. The lowest BCUT2D eigenvalue weighted by molar-refractivity contribution is 0.0761. The summed E-state index contributed by atoms with van der Waals surface area (Å²) in [6.45, 7) is 1.78. The van der Waals surface area contributed by atoms with Crippen LogP contribution in [-0.4, -0.2) is 31.0 Å². The van der Waals surface area contributed by atoms with Crippen LogP contribution in [0.3, 0.4) is 0 Å². The number of hydrogen-bond donors (Lipinski definition) is 0. The molecule has 1 aliphatic rings. The van der Waals surface area contributed by atoms with Crippen LogP contribution in [0, 0.1) is 3.57 Å². The van der Waals surface area contributed by atoms with Gasteiger partial charge in [0.2, 0.25) is 0 Å². The number of rotatable bonds is 2. The Morgan fingerprint density at radius 1 is 1.22 bits per heavy atom. The van der Waals surface area contributed by atoms with Gasteiger partial charge in [-0.15, -0.1) is 0 Å². The third-order valence-electron chi connectivity index (χ3n) is 3.29. The number of methoxy groups -OCH3 is 1. The van der Waals surface area contributed by atoms with Crippen LogP contribution in [0.1, 0.15) is 36.0 Å². The number of amides is 1. The van der Waals surface area contributed by atoms with E-state index in [-0.39, 0.29) is 5.91 Å². The molecule has 1 amide bonds. The number of hydrogen-bond acceptors (Lipinski definition) is 2. The zero-order valence-corrected chi connectivity index (χ0v) is 12.8. The largest absolute Gasteiger partial charge is 0.496 e. The Morgan fingerprint density at radius 3 is 2.44 bits per heavy atom. The summed E-state index contributed by atoms with van der Waals surface area (Å²) in [4.78, 5) is 14.4. The Labute approximate surface area is 122 Å². The summed E-state index contributed by atoms with van der Waals surface area (Å²) < 4.78 is 6.19. The standard InChI is InChI=1S/C14H18INO2/c1-18-13-7-6-11(10-12(13)15)14(17)16-8-4-2-3-5-9-16/h6-7,10H,2-5,8-9H2,1H3. The maximum absolute atomic E-state index is 12.4. The van der Waals surface area contributed by atoms with Crippen molar-refractivity contribution in [2.24, 2.45) is 0 Å². The van der Waals surface area contributed by atoms with Gasteiger partial charge in [0.25, 0.3) is 5.91 Å². The number of carbonyl (C=O) groups is 1. The van der Waals surface area contributed by atoms with Crippen molar-refractivity contribution in [2.75, 3.05) is 20.2 Å². The summed E-state index contributed by atoms with van der Waals surface area (Å²) >= 11 is 2.20. The molecule has 4 heteroatoms. The first kappa shape index (κ1) is 13.6. The normalized spacial score (nSPS) is 16.2. The number of benzene rings is 1. The lowest BCUT2D eigenvalue weighted by Gasteiger charge is -2.20. The van der Waals surface area contributed by atoms with E-state index in [1.165, 1.54) is 12.8 Å². The fourth-order valence-electron chi connectivity index (χ4n) is 2.26. The van der Waals surface area contributed by atoms with Gasteiger partial charge in [0.15, 0.2) is 0 Å².